The second-order valence-corrected chi connectivity index (χ2v) is 6.72. The molecule has 2 aliphatic heterocycles. The summed E-state index contributed by atoms with van der Waals surface area (Å²) in [5.74, 6) is -0.334. The lowest BCUT2D eigenvalue weighted by atomic mass is 10.1. The van der Waals surface area contributed by atoms with Crippen LogP contribution in [0.3, 0.4) is 0 Å². The van der Waals surface area contributed by atoms with E-state index >= 15 is 0 Å². The number of piperidine rings is 1. The minimum Gasteiger partial charge on any atom is -0.369 e. The number of likely N-dealkylation sites (N-methyl/N-ethyl adjacent to an activating group) is 1. The van der Waals surface area contributed by atoms with Gasteiger partial charge >= 0.3 is 0 Å². The fraction of sp³-hybridized carbons (Fsp3) is 0.474. The van der Waals surface area contributed by atoms with Crippen molar-refractivity contribution in [2.75, 3.05) is 45.2 Å². The van der Waals surface area contributed by atoms with Crippen molar-refractivity contribution in [2.24, 2.45) is 0 Å². The zero-order chi connectivity index (χ0) is 19.8. The van der Waals surface area contributed by atoms with Crippen LogP contribution in [-0.4, -0.2) is 75.6 Å². The highest BCUT2D eigenvalue weighted by atomic mass is 16.2. The van der Waals surface area contributed by atoms with Crippen molar-refractivity contribution >= 4 is 30.1 Å². The zero-order valence-electron chi connectivity index (χ0n) is 15.7. The molecule has 1 unspecified atom stereocenters. The number of piperazine rings is 1. The molecule has 8 nitrogen and oxygen atoms in total. The normalized spacial score (nSPS) is 19.8. The SMILES string of the molecule is CN(C)C1CCC(=O)NC1=O.O=Cc1ccc(N2CCNCC2)cc1C=O. The van der Waals surface area contributed by atoms with E-state index in [0.29, 0.717) is 30.3 Å². The molecule has 2 N–H and O–H groups in total. The number of nitrogens with zero attached hydrogens (tertiary/aromatic N) is 2. The fourth-order valence-corrected chi connectivity index (χ4v) is 3.07. The van der Waals surface area contributed by atoms with Gasteiger partial charge in [0.25, 0.3) is 0 Å². The summed E-state index contributed by atoms with van der Waals surface area (Å²) in [6, 6.07) is 5.24. The van der Waals surface area contributed by atoms with Crippen LogP contribution in [0, 0.1) is 0 Å². The molecule has 0 aliphatic carbocycles. The summed E-state index contributed by atoms with van der Waals surface area (Å²) < 4.78 is 0. The lowest BCUT2D eigenvalue weighted by Gasteiger charge is -2.29. The Labute approximate surface area is 158 Å². The van der Waals surface area contributed by atoms with Crippen LogP contribution >= 0.6 is 0 Å². The van der Waals surface area contributed by atoms with E-state index < -0.39 is 0 Å². The van der Waals surface area contributed by atoms with E-state index in [4.69, 9.17) is 0 Å². The Kier molecular flexibility index (Phi) is 7.63. The largest absolute Gasteiger partial charge is 0.369 e. The van der Waals surface area contributed by atoms with E-state index in [9.17, 15) is 19.2 Å². The number of rotatable bonds is 4. The van der Waals surface area contributed by atoms with Gasteiger partial charge in [-0.1, -0.05) is 0 Å². The van der Waals surface area contributed by atoms with Gasteiger partial charge in [0.05, 0.1) is 6.04 Å². The van der Waals surface area contributed by atoms with Crippen molar-refractivity contribution in [3.63, 3.8) is 0 Å². The van der Waals surface area contributed by atoms with Gasteiger partial charge in [-0.25, -0.2) is 0 Å². The van der Waals surface area contributed by atoms with E-state index in [-0.39, 0.29) is 17.9 Å². The number of hydrogen-bond acceptors (Lipinski definition) is 7. The Morgan fingerprint density at radius 3 is 2.30 bits per heavy atom. The molecule has 0 radical (unpaired) electrons. The van der Waals surface area contributed by atoms with Crippen molar-refractivity contribution in [2.45, 2.75) is 18.9 Å². The van der Waals surface area contributed by atoms with Crippen molar-refractivity contribution in [3.05, 3.63) is 29.3 Å². The third-order valence-corrected chi connectivity index (χ3v) is 4.64. The summed E-state index contributed by atoms with van der Waals surface area (Å²) in [7, 11) is 3.67. The van der Waals surface area contributed by atoms with Crippen LogP contribution in [0.1, 0.15) is 33.6 Å². The maximum atomic E-state index is 11.1. The van der Waals surface area contributed by atoms with Crippen LogP contribution in [0.15, 0.2) is 18.2 Å². The summed E-state index contributed by atoms with van der Waals surface area (Å²) in [6.07, 6.45) is 2.53. The van der Waals surface area contributed by atoms with Gasteiger partial charge in [0.15, 0.2) is 12.6 Å². The van der Waals surface area contributed by atoms with Crippen molar-refractivity contribution in [1.29, 1.82) is 0 Å². The molecule has 8 heteroatoms. The van der Waals surface area contributed by atoms with Gasteiger partial charge in [-0.05, 0) is 38.7 Å². The Hall–Kier alpha value is -2.58. The highest BCUT2D eigenvalue weighted by Gasteiger charge is 2.27. The number of amides is 2. The average Bonchev–Trinajstić information content (AvgIpc) is 2.68. The smallest absolute Gasteiger partial charge is 0.243 e. The van der Waals surface area contributed by atoms with Crippen molar-refractivity contribution < 1.29 is 19.2 Å². The molecule has 0 bridgehead atoms. The third kappa shape index (κ3) is 5.70. The molecule has 2 fully saturated rings. The average molecular weight is 374 g/mol. The molecule has 0 spiro atoms. The number of nitrogens with one attached hydrogen (secondary N) is 2. The van der Waals surface area contributed by atoms with E-state index in [1.165, 1.54) is 0 Å². The van der Waals surface area contributed by atoms with Crippen LogP contribution in [0.4, 0.5) is 5.69 Å². The van der Waals surface area contributed by atoms with E-state index in [1.807, 2.05) is 25.1 Å². The van der Waals surface area contributed by atoms with E-state index in [2.05, 4.69) is 15.5 Å². The van der Waals surface area contributed by atoms with Crippen LogP contribution in [-0.2, 0) is 9.59 Å². The highest BCUT2D eigenvalue weighted by Crippen LogP contribution is 2.18. The Balaban J connectivity index is 0.000000208. The standard InChI is InChI=1S/C12H14N2O2.C7H12N2O2/c15-8-10-1-2-12(7-11(10)9-16)14-5-3-13-4-6-14;1-9(2)5-3-4-6(10)8-7(5)11/h1-2,7-9,13H,3-6H2;5H,3-4H2,1-2H3,(H,8,10,11). The second-order valence-electron chi connectivity index (χ2n) is 6.72. The van der Waals surface area contributed by atoms with Gasteiger partial charge in [0.2, 0.25) is 11.8 Å². The Morgan fingerprint density at radius 2 is 1.74 bits per heavy atom. The van der Waals surface area contributed by atoms with Gasteiger partial charge in [-0.3, -0.25) is 29.4 Å². The maximum Gasteiger partial charge on any atom is 0.243 e. The lowest BCUT2D eigenvalue weighted by molar-refractivity contribution is -0.136. The number of carbonyl (C=O) groups excluding carboxylic acids is 4. The predicted octanol–water partition coefficient (Wildman–Crippen LogP) is 0.0744. The van der Waals surface area contributed by atoms with Crippen LogP contribution in [0.5, 0.6) is 0 Å². The minimum absolute atomic E-state index is 0.132. The molecular weight excluding hydrogens is 348 g/mol. The molecule has 0 aromatic heterocycles. The van der Waals surface area contributed by atoms with Crippen molar-refractivity contribution in [3.8, 4) is 0 Å². The molecule has 2 aliphatic rings. The fourth-order valence-electron chi connectivity index (χ4n) is 3.07. The van der Waals surface area contributed by atoms with Crippen LogP contribution in [0.25, 0.3) is 0 Å². The number of hydrogen-bond donors (Lipinski definition) is 2. The van der Waals surface area contributed by atoms with Crippen LogP contribution in [0.2, 0.25) is 0 Å². The molecule has 1 aromatic carbocycles. The number of carbonyl (C=O) groups is 4. The first kappa shape index (κ1) is 20.7. The van der Waals surface area contributed by atoms with Gasteiger partial charge in [-0.15, -0.1) is 0 Å². The summed E-state index contributed by atoms with van der Waals surface area (Å²) >= 11 is 0. The predicted molar refractivity (Wildman–Crippen MR) is 102 cm³/mol. The molecule has 2 saturated heterocycles. The van der Waals surface area contributed by atoms with Crippen molar-refractivity contribution in [1.82, 2.24) is 15.5 Å². The first-order valence-corrected chi connectivity index (χ1v) is 8.96. The first-order chi connectivity index (χ1) is 13.0. The summed E-state index contributed by atoms with van der Waals surface area (Å²) in [5, 5.41) is 5.56. The lowest BCUT2D eigenvalue weighted by Crippen LogP contribution is -2.50. The summed E-state index contributed by atoms with van der Waals surface area (Å²) in [5.41, 5.74) is 1.93. The summed E-state index contributed by atoms with van der Waals surface area (Å²) in [6.45, 7) is 3.76. The number of benzene rings is 1. The van der Waals surface area contributed by atoms with Gasteiger partial charge in [-0.2, -0.15) is 0 Å². The molecule has 1 aromatic rings. The summed E-state index contributed by atoms with van der Waals surface area (Å²) in [4.78, 5) is 47.3. The topological polar surface area (TPSA) is 98.8 Å². The number of aldehydes is 2. The van der Waals surface area contributed by atoms with Gasteiger partial charge in [0.1, 0.15) is 0 Å². The minimum atomic E-state index is -0.175. The van der Waals surface area contributed by atoms with Gasteiger partial charge in [0, 0.05) is 49.4 Å². The third-order valence-electron chi connectivity index (χ3n) is 4.64. The van der Waals surface area contributed by atoms with Gasteiger partial charge < -0.3 is 10.2 Å². The number of imide groups is 1. The monoisotopic (exact) mass is 374 g/mol. The molecule has 0 saturated carbocycles. The second kappa shape index (κ2) is 9.94. The first-order valence-electron chi connectivity index (χ1n) is 8.96. The van der Waals surface area contributed by atoms with E-state index in [0.717, 1.165) is 38.2 Å². The molecule has 3 rings (SSSR count). The molecule has 146 valence electrons. The van der Waals surface area contributed by atoms with E-state index in [1.54, 1.807) is 12.1 Å². The maximum absolute atomic E-state index is 11.1. The molecule has 2 heterocycles. The van der Waals surface area contributed by atoms with Crippen LogP contribution < -0.4 is 15.5 Å². The molecule has 2 amide bonds. The highest BCUT2D eigenvalue weighted by molar-refractivity contribution is 6.00. The molecular formula is C19H26N4O4. The Bertz CT molecular complexity index is 699. The Morgan fingerprint density at radius 1 is 1.07 bits per heavy atom. The molecule has 1 atom stereocenters. The molecule has 27 heavy (non-hydrogen) atoms. The quantitative estimate of drug-likeness (QED) is 0.569. The number of anilines is 1. The zero-order valence-corrected chi connectivity index (χ0v) is 15.7.